The van der Waals surface area contributed by atoms with Gasteiger partial charge in [0.05, 0.1) is 18.2 Å². The van der Waals surface area contributed by atoms with Gasteiger partial charge in [-0.15, -0.1) is 0 Å². The van der Waals surface area contributed by atoms with Gasteiger partial charge in [0.1, 0.15) is 5.75 Å². The van der Waals surface area contributed by atoms with E-state index in [0.29, 0.717) is 24.0 Å². The Morgan fingerprint density at radius 1 is 1.07 bits per heavy atom. The number of nitrogens with zero attached hydrogens (tertiary/aromatic N) is 1. The molecular weight excluding hydrogens is 356 g/mol. The zero-order valence-corrected chi connectivity index (χ0v) is 15.8. The molecule has 0 aliphatic rings. The molecule has 0 unspecified atom stereocenters. The molecule has 1 atom stereocenters. The number of benzene rings is 2. The van der Waals surface area contributed by atoms with Gasteiger partial charge in [-0.05, 0) is 43.2 Å². The molecule has 0 fully saturated rings. The molecule has 3 aromatic rings. The normalized spacial score (nSPS) is 11.6. The molecule has 1 heterocycles. The molecule has 3 rings (SSSR count). The second-order valence-electron chi connectivity index (χ2n) is 6.32. The van der Waals surface area contributed by atoms with Gasteiger partial charge in [-0.3, -0.25) is 9.78 Å². The van der Waals surface area contributed by atoms with Crippen LogP contribution in [0.5, 0.6) is 5.75 Å². The molecule has 0 bridgehead atoms. The van der Waals surface area contributed by atoms with Crippen LogP contribution in [0.2, 0.25) is 0 Å². The number of carbonyl (C=O) groups excluding carboxylic acids is 2. The van der Waals surface area contributed by atoms with Crippen molar-refractivity contribution in [1.82, 2.24) is 10.3 Å². The highest BCUT2D eigenvalue weighted by Crippen LogP contribution is 2.17. The Balaban J connectivity index is 1.53. The number of ether oxygens (including phenoxy) is 2. The Hall–Kier alpha value is -3.41. The molecule has 0 aliphatic carbocycles. The number of esters is 1. The second kappa shape index (κ2) is 8.99. The number of aromatic nitrogens is 1. The first-order valence-corrected chi connectivity index (χ1v) is 9.04. The Kier molecular flexibility index (Phi) is 6.22. The van der Waals surface area contributed by atoms with Crippen molar-refractivity contribution >= 4 is 22.8 Å². The third kappa shape index (κ3) is 4.65. The number of methoxy groups -OCH3 is 1. The van der Waals surface area contributed by atoms with Crippen molar-refractivity contribution in [3.63, 3.8) is 0 Å². The number of para-hydroxylation sites is 1. The number of pyridine rings is 1. The minimum absolute atomic E-state index is 0.338. The zero-order chi connectivity index (χ0) is 19.9. The summed E-state index contributed by atoms with van der Waals surface area (Å²) in [4.78, 5) is 29.0. The predicted octanol–water partition coefficient (Wildman–Crippen LogP) is 3.15. The lowest BCUT2D eigenvalue weighted by atomic mass is 10.1. The van der Waals surface area contributed by atoms with Crippen molar-refractivity contribution < 1.29 is 19.1 Å². The molecule has 28 heavy (non-hydrogen) atoms. The summed E-state index contributed by atoms with van der Waals surface area (Å²) < 4.78 is 10.5. The van der Waals surface area contributed by atoms with Crippen LogP contribution in [0.25, 0.3) is 10.9 Å². The molecule has 6 heteroatoms. The Morgan fingerprint density at radius 3 is 2.57 bits per heavy atom. The van der Waals surface area contributed by atoms with Gasteiger partial charge in [0.2, 0.25) is 0 Å². The molecule has 0 spiro atoms. The van der Waals surface area contributed by atoms with Crippen LogP contribution in [0, 0.1) is 0 Å². The topological polar surface area (TPSA) is 77.5 Å². The first kappa shape index (κ1) is 19.4. The SMILES string of the molecule is COc1ccc(CCNC(=O)[C@@H](C)OC(=O)c2cccc3cccnc23)cc1. The average Bonchev–Trinajstić information content (AvgIpc) is 2.73. The Labute approximate surface area is 163 Å². The maximum Gasteiger partial charge on any atom is 0.341 e. The summed E-state index contributed by atoms with van der Waals surface area (Å²) in [6, 6.07) is 16.6. The lowest BCUT2D eigenvalue weighted by Gasteiger charge is -2.14. The van der Waals surface area contributed by atoms with Crippen molar-refractivity contribution in [2.75, 3.05) is 13.7 Å². The van der Waals surface area contributed by atoms with Crippen LogP contribution in [-0.2, 0) is 16.0 Å². The number of nitrogens with one attached hydrogen (secondary N) is 1. The first-order valence-electron chi connectivity index (χ1n) is 9.04. The van der Waals surface area contributed by atoms with Gasteiger partial charge in [-0.2, -0.15) is 0 Å². The highest BCUT2D eigenvalue weighted by Gasteiger charge is 2.20. The van der Waals surface area contributed by atoms with Crippen LogP contribution < -0.4 is 10.1 Å². The quantitative estimate of drug-likeness (QED) is 0.639. The third-order valence-corrected chi connectivity index (χ3v) is 4.38. The minimum atomic E-state index is -0.901. The minimum Gasteiger partial charge on any atom is -0.497 e. The second-order valence-corrected chi connectivity index (χ2v) is 6.32. The van der Waals surface area contributed by atoms with Gasteiger partial charge >= 0.3 is 5.97 Å². The molecule has 1 amide bonds. The molecule has 6 nitrogen and oxygen atoms in total. The number of hydrogen-bond acceptors (Lipinski definition) is 5. The molecule has 1 aromatic heterocycles. The fraction of sp³-hybridized carbons (Fsp3) is 0.227. The van der Waals surface area contributed by atoms with Crippen LogP contribution in [0.1, 0.15) is 22.8 Å². The molecule has 0 aliphatic heterocycles. The van der Waals surface area contributed by atoms with E-state index >= 15 is 0 Å². The van der Waals surface area contributed by atoms with Crippen LogP contribution in [-0.4, -0.2) is 36.6 Å². The van der Waals surface area contributed by atoms with E-state index in [4.69, 9.17) is 9.47 Å². The maximum atomic E-state index is 12.5. The summed E-state index contributed by atoms with van der Waals surface area (Å²) in [5.74, 6) is -0.117. The number of rotatable bonds is 7. The average molecular weight is 378 g/mol. The third-order valence-electron chi connectivity index (χ3n) is 4.38. The van der Waals surface area contributed by atoms with E-state index in [1.54, 1.807) is 38.4 Å². The molecular formula is C22H22N2O4. The molecule has 2 aromatic carbocycles. The highest BCUT2D eigenvalue weighted by molar-refractivity contribution is 6.03. The van der Waals surface area contributed by atoms with E-state index < -0.39 is 12.1 Å². The maximum absolute atomic E-state index is 12.5. The van der Waals surface area contributed by atoms with E-state index in [0.717, 1.165) is 16.7 Å². The number of amides is 1. The fourth-order valence-electron chi connectivity index (χ4n) is 2.81. The summed E-state index contributed by atoms with van der Waals surface area (Å²) in [5.41, 5.74) is 1.98. The summed E-state index contributed by atoms with van der Waals surface area (Å²) in [6.45, 7) is 2.00. The molecule has 144 valence electrons. The van der Waals surface area contributed by atoms with Crippen LogP contribution >= 0.6 is 0 Å². The van der Waals surface area contributed by atoms with Crippen molar-refractivity contribution in [1.29, 1.82) is 0 Å². The van der Waals surface area contributed by atoms with Gasteiger partial charge in [0.15, 0.2) is 6.10 Å². The molecule has 0 radical (unpaired) electrons. The molecule has 0 saturated carbocycles. The molecule has 0 saturated heterocycles. The summed E-state index contributed by atoms with van der Waals surface area (Å²) >= 11 is 0. The standard InChI is InChI=1S/C22H22N2O4/c1-15(21(25)24-14-12-16-8-10-18(27-2)11-9-16)28-22(26)19-7-3-5-17-6-4-13-23-20(17)19/h3-11,13,15H,12,14H2,1-2H3,(H,24,25)/t15-/m1/s1. The van der Waals surface area contributed by atoms with Gasteiger partial charge in [0, 0.05) is 18.1 Å². The Morgan fingerprint density at radius 2 is 1.82 bits per heavy atom. The number of carbonyl (C=O) groups is 2. The lowest BCUT2D eigenvalue weighted by molar-refractivity contribution is -0.129. The van der Waals surface area contributed by atoms with Crippen molar-refractivity contribution in [2.45, 2.75) is 19.4 Å². The highest BCUT2D eigenvalue weighted by atomic mass is 16.5. The number of fused-ring (bicyclic) bond motifs is 1. The van der Waals surface area contributed by atoms with Crippen molar-refractivity contribution in [3.05, 3.63) is 71.9 Å². The van der Waals surface area contributed by atoms with E-state index in [9.17, 15) is 9.59 Å². The van der Waals surface area contributed by atoms with Gasteiger partial charge < -0.3 is 14.8 Å². The summed E-state index contributed by atoms with van der Waals surface area (Å²) in [5, 5.41) is 3.63. The smallest absolute Gasteiger partial charge is 0.341 e. The summed E-state index contributed by atoms with van der Waals surface area (Å²) in [7, 11) is 1.62. The monoisotopic (exact) mass is 378 g/mol. The fourth-order valence-corrected chi connectivity index (χ4v) is 2.81. The van der Waals surface area contributed by atoms with Crippen molar-refractivity contribution in [3.8, 4) is 5.75 Å². The van der Waals surface area contributed by atoms with Crippen LogP contribution in [0.15, 0.2) is 60.8 Å². The Bertz CT molecular complexity index is 964. The van der Waals surface area contributed by atoms with Crippen LogP contribution in [0.4, 0.5) is 0 Å². The van der Waals surface area contributed by atoms with Crippen molar-refractivity contribution in [2.24, 2.45) is 0 Å². The summed E-state index contributed by atoms with van der Waals surface area (Å²) in [6.07, 6.45) is 1.39. The van der Waals surface area contributed by atoms with E-state index in [-0.39, 0.29) is 5.91 Å². The van der Waals surface area contributed by atoms with Gasteiger partial charge in [-0.1, -0.05) is 30.3 Å². The largest absolute Gasteiger partial charge is 0.497 e. The van der Waals surface area contributed by atoms with Gasteiger partial charge in [-0.25, -0.2) is 4.79 Å². The van der Waals surface area contributed by atoms with E-state index in [1.165, 1.54) is 0 Å². The van der Waals surface area contributed by atoms with E-state index in [1.807, 2.05) is 36.4 Å². The zero-order valence-electron chi connectivity index (χ0n) is 15.8. The predicted molar refractivity (Wildman–Crippen MR) is 106 cm³/mol. The molecule has 1 N–H and O–H groups in total. The first-order chi connectivity index (χ1) is 13.6. The van der Waals surface area contributed by atoms with E-state index in [2.05, 4.69) is 10.3 Å². The lowest BCUT2D eigenvalue weighted by Crippen LogP contribution is -2.37. The van der Waals surface area contributed by atoms with Crippen LogP contribution in [0.3, 0.4) is 0 Å². The van der Waals surface area contributed by atoms with Gasteiger partial charge in [0.25, 0.3) is 5.91 Å². The number of hydrogen-bond donors (Lipinski definition) is 1.